The van der Waals surface area contributed by atoms with Crippen LogP contribution in [0.5, 0.6) is 5.75 Å². The van der Waals surface area contributed by atoms with Crippen LogP contribution in [0.15, 0.2) is 18.2 Å². The Morgan fingerprint density at radius 2 is 1.85 bits per heavy atom. The smallest absolute Gasteiger partial charge is 0.256 e. The number of carbonyl (C=O) groups excluding carboxylic acids is 1. The molecular formula is C21H32ClNO4. The van der Waals surface area contributed by atoms with Crippen LogP contribution in [0.3, 0.4) is 0 Å². The van der Waals surface area contributed by atoms with E-state index in [-0.39, 0.29) is 11.5 Å². The number of halogens is 1. The van der Waals surface area contributed by atoms with Gasteiger partial charge in [-0.25, -0.2) is 0 Å². The molecule has 5 nitrogen and oxygen atoms in total. The molecule has 0 aliphatic heterocycles. The molecule has 0 radical (unpaired) electrons. The van der Waals surface area contributed by atoms with Crippen LogP contribution in [0.25, 0.3) is 0 Å². The number of amides is 1. The minimum atomic E-state index is -0.746. The highest BCUT2D eigenvalue weighted by Gasteiger charge is 2.38. The molecule has 0 bridgehead atoms. The molecule has 0 aromatic heterocycles. The zero-order chi connectivity index (χ0) is 19.9. The van der Waals surface area contributed by atoms with Gasteiger partial charge in [-0.3, -0.25) is 4.79 Å². The van der Waals surface area contributed by atoms with E-state index < -0.39 is 5.60 Å². The average molecular weight is 398 g/mol. The number of anilines is 1. The van der Waals surface area contributed by atoms with Crippen molar-refractivity contribution in [2.45, 2.75) is 70.0 Å². The Balaban J connectivity index is 1.99. The minimum absolute atomic E-state index is 0.0986. The first kappa shape index (κ1) is 22.0. The van der Waals surface area contributed by atoms with Crippen LogP contribution in [0.2, 0.25) is 5.02 Å². The number of carbonyl (C=O) groups is 1. The molecule has 1 aromatic rings. The van der Waals surface area contributed by atoms with Gasteiger partial charge in [-0.15, -0.1) is 0 Å². The SMILES string of the molecule is COC(C)(C)CCOc1ccc(NC(=O)C2(OC)CCCCCC2)cc1Cl. The van der Waals surface area contributed by atoms with E-state index in [4.69, 9.17) is 25.8 Å². The van der Waals surface area contributed by atoms with Gasteiger partial charge in [0.25, 0.3) is 5.91 Å². The van der Waals surface area contributed by atoms with Crippen molar-refractivity contribution in [3.63, 3.8) is 0 Å². The van der Waals surface area contributed by atoms with E-state index in [9.17, 15) is 4.79 Å². The molecule has 0 atom stereocenters. The van der Waals surface area contributed by atoms with Crippen molar-refractivity contribution < 1.29 is 19.0 Å². The molecule has 1 aliphatic carbocycles. The fraction of sp³-hybridized carbons (Fsp3) is 0.667. The lowest BCUT2D eigenvalue weighted by atomic mass is 9.93. The van der Waals surface area contributed by atoms with Crippen LogP contribution in [0.4, 0.5) is 5.69 Å². The summed E-state index contributed by atoms with van der Waals surface area (Å²) in [5, 5.41) is 3.43. The molecule has 152 valence electrons. The summed E-state index contributed by atoms with van der Waals surface area (Å²) in [6, 6.07) is 5.31. The molecular weight excluding hydrogens is 366 g/mol. The molecule has 0 heterocycles. The van der Waals surface area contributed by atoms with Gasteiger partial charge in [0.15, 0.2) is 0 Å². The minimum Gasteiger partial charge on any atom is -0.492 e. The number of benzene rings is 1. The lowest BCUT2D eigenvalue weighted by Crippen LogP contribution is -2.44. The van der Waals surface area contributed by atoms with Gasteiger partial charge in [0.1, 0.15) is 11.4 Å². The molecule has 1 amide bonds. The van der Waals surface area contributed by atoms with Gasteiger partial charge < -0.3 is 19.5 Å². The van der Waals surface area contributed by atoms with E-state index in [0.717, 1.165) is 44.9 Å². The maximum Gasteiger partial charge on any atom is 0.256 e. The number of hydrogen-bond donors (Lipinski definition) is 1. The largest absolute Gasteiger partial charge is 0.492 e. The molecule has 27 heavy (non-hydrogen) atoms. The standard InChI is InChI=1S/C21H32ClNO4/c1-20(2,25-3)13-14-27-18-10-9-16(15-17(18)22)23-19(24)21(26-4)11-7-5-6-8-12-21/h9-10,15H,5-8,11-14H2,1-4H3,(H,23,24). The van der Waals surface area contributed by atoms with Crippen molar-refractivity contribution in [3.8, 4) is 5.75 Å². The van der Waals surface area contributed by atoms with Crippen molar-refractivity contribution in [2.75, 3.05) is 26.1 Å². The Morgan fingerprint density at radius 3 is 2.41 bits per heavy atom. The number of nitrogens with one attached hydrogen (secondary N) is 1. The molecule has 6 heteroatoms. The van der Waals surface area contributed by atoms with Gasteiger partial charge >= 0.3 is 0 Å². The maximum absolute atomic E-state index is 12.9. The van der Waals surface area contributed by atoms with Gasteiger partial charge in [0.2, 0.25) is 0 Å². The predicted octanol–water partition coefficient (Wildman–Crippen LogP) is 5.21. The maximum atomic E-state index is 12.9. The van der Waals surface area contributed by atoms with E-state index in [1.807, 2.05) is 13.8 Å². The van der Waals surface area contributed by atoms with Crippen LogP contribution in [0.1, 0.15) is 58.8 Å². The van der Waals surface area contributed by atoms with Gasteiger partial charge in [-0.05, 0) is 44.9 Å². The van der Waals surface area contributed by atoms with E-state index >= 15 is 0 Å². The Kier molecular flexibility index (Phi) is 7.95. The molecule has 1 saturated carbocycles. The Hall–Kier alpha value is -1.30. The van der Waals surface area contributed by atoms with Crippen LogP contribution >= 0.6 is 11.6 Å². The monoisotopic (exact) mass is 397 g/mol. The topological polar surface area (TPSA) is 56.8 Å². The van der Waals surface area contributed by atoms with E-state index in [0.29, 0.717) is 23.1 Å². The summed E-state index contributed by atoms with van der Waals surface area (Å²) < 4.78 is 16.8. The molecule has 0 spiro atoms. The molecule has 1 N–H and O–H groups in total. The third kappa shape index (κ3) is 6.09. The van der Waals surface area contributed by atoms with Gasteiger partial charge in [-0.2, -0.15) is 0 Å². The predicted molar refractivity (Wildman–Crippen MR) is 109 cm³/mol. The second kappa shape index (κ2) is 9.76. The quantitative estimate of drug-likeness (QED) is 0.611. The highest BCUT2D eigenvalue weighted by atomic mass is 35.5. The third-order valence-electron chi connectivity index (χ3n) is 5.42. The number of methoxy groups -OCH3 is 2. The second-order valence-electron chi connectivity index (χ2n) is 7.77. The first-order chi connectivity index (χ1) is 12.8. The van der Waals surface area contributed by atoms with Crippen molar-refractivity contribution in [1.82, 2.24) is 0 Å². The Labute approximate surface area is 167 Å². The van der Waals surface area contributed by atoms with Crippen LogP contribution in [-0.2, 0) is 14.3 Å². The molecule has 1 fully saturated rings. The summed E-state index contributed by atoms with van der Waals surface area (Å²) >= 11 is 6.34. The van der Waals surface area contributed by atoms with E-state index in [1.54, 1.807) is 32.4 Å². The first-order valence-corrected chi connectivity index (χ1v) is 10.0. The normalized spacial score (nSPS) is 17.2. The Bertz CT molecular complexity index is 625. The van der Waals surface area contributed by atoms with Gasteiger partial charge in [-0.1, -0.05) is 37.3 Å². The molecule has 0 saturated heterocycles. The van der Waals surface area contributed by atoms with E-state index in [2.05, 4.69) is 5.32 Å². The lowest BCUT2D eigenvalue weighted by molar-refractivity contribution is -0.139. The van der Waals surface area contributed by atoms with Crippen molar-refractivity contribution in [3.05, 3.63) is 23.2 Å². The average Bonchev–Trinajstić information content (AvgIpc) is 2.90. The summed E-state index contributed by atoms with van der Waals surface area (Å²) in [4.78, 5) is 12.9. The fourth-order valence-electron chi connectivity index (χ4n) is 3.27. The summed E-state index contributed by atoms with van der Waals surface area (Å²) in [6.45, 7) is 4.52. The number of ether oxygens (including phenoxy) is 3. The molecule has 2 rings (SSSR count). The van der Waals surface area contributed by atoms with Crippen LogP contribution < -0.4 is 10.1 Å². The molecule has 0 unspecified atom stereocenters. The summed E-state index contributed by atoms with van der Waals surface area (Å²) in [5.41, 5.74) is -0.340. The van der Waals surface area contributed by atoms with Crippen molar-refractivity contribution >= 4 is 23.2 Å². The lowest BCUT2D eigenvalue weighted by Gasteiger charge is -2.29. The summed E-state index contributed by atoms with van der Waals surface area (Å²) in [7, 11) is 3.31. The van der Waals surface area contributed by atoms with Crippen molar-refractivity contribution in [1.29, 1.82) is 0 Å². The summed E-state index contributed by atoms with van der Waals surface area (Å²) in [6.07, 6.45) is 6.55. The zero-order valence-electron chi connectivity index (χ0n) is 16.9. The third-order valence-corrected chi connectivity index (χ3v) is 5.72. The first-order valence-electron chi connectivity index (χ1n) is 9.66. The van der Waals surface area contributed by atoms with Crippen molar-refractivity contribution in [2.24, 2.45) is 0 Å². The Morgan fingerprint density at radius 1 is 1.19 bits per heavy atom. The highest BCUT2D eigenvalue weighted by Crippen LogP contribution is 2.33. The van der Waals surface area contributed by atoms with Gasteiger partial charge in [0, 0.05) is 26.3 Å². The van der Waals surface area contributed by atoms with Crippen LogP contribution in [-0.4, -0.2) is 37.9 Å². The molecule has 1 aliphatic rings. The zero-order valence-corrected chi connectivity index (χ0v) is 17.7. The van der Waals surface area contributed by atoms with Gasteiger partial charge in [0.05, 0.1) is 17.2 Å². The fourth-order valence-corrected chi connectivity index (χ4v) is 3.51. The number of hydrogen-bond acceptors (Lipinski definition) is 4. The van der Waals surface area contributed by atoms with Crippen LogP contribution in [0, 0.1) is 0 Å². The second-order valence-corrected chi connectivity index (χ2v) is 8.18. The number of rotatable bonds is 8. The van der Waals surface area contributed by atoms with E-state index in [1.165, 1.54) is 0 Å². The molecule has 1 aromatic carbocycles. The highest BCUT2D eigenvalue weighted by molar-refractivity contribution is 6.32. The summed E-state index contributed by atoms with van der Waals surface area (Å²) in [5.74, 6) is 0.496.